The number of nitrogens with zero attached hydrogens (tertiary/aromatic N) is 1. The third-order valence-corrected chi connectivity index (χ3v) is 2.11. The summed E-state index contributed by atoms with van der Waals surface area (Å²) in [4.78, 5) is 24.9. The molecule has 4 heteroatoms. The molecule has 0 amide bonds. The second-order valence-electron chi connectivity index (χ2n) is 3.91. The van der Waals surface area contributed by atoms with E-state index >= 15 is 0 Å². The molecule has 1 unspecified atom stereocenters. The van der Waals surface area contributed by atoms with Crippen LogP contribution in [-0.2, 0) is 14.3 Å². The van der Waals surface area contributed by atoms with Gasteiger partial charge in [0.25, 0.3) is 0 Å². The molecule has 0 bridgehead atoms. The van der Waals surface area contributed by atoms with Crippen LogP contribution in [0.4, 0.5) is 0 Å². The second-order valence-corrected chi connectivity index (χ2v) is 3.91. The normalized spacial score (nSPS) is 13.2. The van der Waals surface area contributed by atoms with E-state index in [2.05, 4.69) is 0 Å². The lowest BCUT2D eigenvalue weighted by molar-refractivity contribution is -0.144. The minimum absolute atomic E-state index is 0.118. The van der Waals surface area contributed by atoms with E-state index in [0.717, 1.165) is 6.42 Å². The van der Waals surface area contributed by atoms with Gasteiger partial charge in [0.1, 0.15) is 5.57 Å². The number of ketones is 1. The molecule has 0 saturated carbocycles. The van der Waals surface area contributed by atoms with E-state index < -0.39 is 5.97 Å². The molecule has 0 radical (unpaired) electrons. The minimum Gasteiger partial charge on any atom is -0.459 e. The summed E-state index contributed by atoms with van der Waals surface area (Å²) in [6, 6.07) is 0. The topological polar surface area (TPSA) is 46.6 Å². The van der Waals surface area contributed by atoms with Gasteiger partial charge in [0, 0.05) is 26.7 Å². The number of rotatable bonds is 6. The van der Waals surface area contributed by atoms with Crippen molar-refractivity contribution in [3.05, 3.63) is 11.8 Å². The maximum atomic E-state index is 11.7. The highest BCUT2D eigenvalue weighted by Gasteiger charge is 2.20. The smallest absolute Gasteiger partial charge is 0.343 e. The van der Waals surface area contributed by atoms with Gasteiger partial charge in [-0.2, -0.15) is 0 Å². The molecule has 0 aliphatic rings. The highest BCUT2D eigenvalue weighted by molar-refractivity contribution is 6.17. The Bertz CT molecular complexity index is 282. The Balaban J connectivity index is 4.78. The Labute approximate surface area is 97.3 Å². The third-order valence-electron chi connectivity index (χ3n) is 2.11. The molecule has 4 nitrogen and oxygen atoms in total. The van der Waals surface area contributed by atoms with Gasteiger partial charge in [-0.3, -0.25) is 4.79 Å². The van der Waals surface area contributed by atoms with E-state index in [4.69, 9.17) is 4.74 Å². The van der Waals surface area contributed by atoms with Gasteiger partial charge in [0.15, 0.2) is 5.78 Å². The Morgan fingerprint density at radius 1 is 1.31 bits per heavy atom. The largest absolute Gasteiger partial charge is 0.459 e. The van der Waals surface area contributed by atoms with E-state index in [1.807, 2.05) is 13.8 Å². The summed E-state index contributed by atoms with van der Waals surface area (Å²) in [7, 11) is 3.53. The molecule has 0 aromatic carbocycles. The standard InChI is InChI=1S/C12H21NO3/c1-6-9(3)16-12(15)10(8-13(4)5)11(14)7-2/h8-9H,6-7H2,1-5H3/b10-8+. The summed E-state index contributed by atoms with van der Waals surface area (Å²) in [5.74, 6) is -0.725. The van der Waals surface area contributed by atoms with Crippen molar-refractivity contribution in [2.75, 3.05) is 14.1 Å². The molecular weight excluding hydrogens is 206 g/mol. The number of esters is 1. The van der Waals surface area contributed by atoms with Crippen LogP contribution in [0.5, 0.6) is 0 Å². The molecular formula is C12H21NO3. The molecule has 0 aliphatic heterocycles. The Hall–Kier alpha value is -1.32. The van der Waals surface area contributed by atoms with Crippen LogP contribution in [0.3, 0.4) is 0 Å². The van der Waals surface area contributed by atoms with Gasteiger partial charge in [-0.15, -0.1) is 0 Å². The predicted molar refractivity (Wildman–Crippen MR) is 62.9 cm³/mol. The quantitative estimate of drug-likeness (QED) is 0.300. The lowest BCUT2D eigenvalue weighted by Gasteiger charge is -2.14. The van der Waals surface area contributed by atoms with Gasteiger partial charge in [-0.25, -0.2) is 4.79 Å². The van der Waals surface area contributed by atoms with Crippen LogP contribution >= 0.6 is 0 Å². The van der Waals surface area contributed by atoms with Gasteiger partial charge in [0.2, 0.25) is 0 Å². The number of carbonyl (C=O) groups excluding carboxylic acids is 2. The lowest BCUT2D eigenvalue weighted by atomic mass is 10.1. The molecule has 92 valence electrons. The zero-order chi connectivity index (χ0) is 12.7. The zero-order valence-corrected chi connectivity index (χ0v) is 10.7. The summed E-state index contributed by atoms with van der Waals surface area (Å²) in [5, 5.41) is 0. The number of carbonyl (C=O) groups is 2. The number of ether oxygens (including phenoxy) is 1. The fraction of sp³-hybridized carbons (Fsp3) is 0.667. The first-order valence-electron chi connectivity index (χ1n) is 5.54. The molecule has 16 heavy (non-hydrogen) atoms. The van der Waals surface area contributed by atoms with Crippen molar-refractivity contribution in [3.63, 3.8) is 0 Å². The van der Waals surface area contributed by atoms with Crippen molar-refractivity contribution in [3.8, 4) is 0 Å². The molecule has 1 atom stereocenters. The molecule has 0 aromatic heterocycles. The van der Waals surface area contributed by atoms with E-state index in [0.29, 0.717) is 6.42 Å². The molecule has 0 aromatic rings. The Kier molecular flexibility index (Phi) is 6.46. The van der Waals surface area contributed by atoms with Gasteiger partial charge in [0.05, 0.1) is 6.10 Å². The van der Waals surface area contributed by atoms with Gasteiger partial charge < -0.3 is 9.64 Å². The van der Waals surface area contributed by atoms with E-state index in [1.165, 1.54) is 6.20 Å². The molecule has 0 saturated heterocycles. The van der Waals surface area contributed by atoms with Gasteiger partial charge in [-0.1, -0.05) is 13.8 Å². The van der Waals surface area contributed by atoms with Gasteiger partial charge in [-0.05, 0) is 13.3 Å². The van der Waals surface area contributed by atoms with Crippen LogP contribution in [0.15, 0.2) is 11.8 Å². The van der Waals surface area contributed by atoms with Gasteiger partial charge >= 0.3 is 5.97 Å². The molecule has 0 spiro atoms. The Morgan fingerprint density at radius 3 is 2.25 bits per heavy atom. The average Bonchev–Trinajstić information content (AvgIpc) is 2.24. The number of hydrogen-bond donors (Lipinski definition) is 0. The van der Waals surface area contributed by atoms with Crippen LogP contribution in [0, 0.1) is 0 Å². The fourth-order valence-corrected chi connectivity index (χ4v) is 1.02. The number of hydrogen-bond acceptors (Lipinski definition) is 4. The van der Waals surface area contributed by atoms with Crippen LogP contribution in [0.2, 0.25) is 0 Å². The van der Waals surface area contributed by atoms with Crippen molar-refractivity contribution >= 4 is 11.8 Å². The summed E-state index contributed by atoms with van der Waals surface area (Å²) in [6.07, 6.45) is 2.38. The monoisotopic (exact) mass is 227 g/mol. The highest BCUT2D eigenvalue weighted by Crippen LogP contribution is 2.07. The van der Waals surface area contributed by atoms with Crippen LogP contribution in [0.25, 0.3) is 0 Å². The lowest BCUT2D eigenvalue weighted by Crippen LogP contribution is -2.22. The van der Waals surface area contributed by atoms with Crippen molar-refractivity contribution in [2.45, 2.75) is 39.7 Å². The summed E-state index contributed by atoms with van der Waals surface area (Å²) >= 11 is 0. The maximum absolute atomic E-state index is 11.7. The molecule has 0 heterocycles. The van der Waals surface area contributed by atoms with Crippen molar-refractivity contribution < 1.29 is 14.3 Å². The zero-order valence-electron chi connectivity index (χ0n) is 10.7. The van der Waals surface area contributed by atoms with Crippen molar-refractivity contribution in [1.29, 1.82) is 0 Å². The minimum atomic E-state index is -0.532. The highest BCUT2D eigenvalue weighted by atomic mass is 16.5. The second kappa shape index (κ2) is 7.04. The Morgan fingerprint density at radius 2 is 1.88 bits per heavy atom. The third kappa shape index (κ3) is 4.96. The SMILES string of the molecule is CCC(=O)/C(=C\N(C)C)C(=O)OC(C)CC. The first-order chi connectivity index (χ1) is 7.42. The molecule has 0 fully saturated rings. The predicted octanol–water partition coefficient (Wildman–Crippen LogP) is 1.75. The van der Waals surface area contributed by atoms with Crippen LogP contribution < -0.4 is 0 Å². The van der Waals surface area contributed by atoms with Crippen molar-refractivity contribution in [1.82, 2.24) is 4.90 Å². The number of Topliss-reactive ketones (excluding diaryl/α,β-unsaturated/α-hetero) is 1. The summed E-state index contributed by atoms with van der Waals surface area (Å²) in [5.41, 5.74) is 0.118. The summed E-state index contributed by atoms with van der Waals surface area (Å²) in [6.45, 7) is 5.46. The maximum Gasteiger partial charge on any atom is 0.343 e. The molecule has 0 aliphatic carbocycles. The van der Waals surface area contributed by atoms with E-state index in [-0.39, 0.29) is 17.5 Å². The molecule has 0 rings (SSSR count). The van der Waals surface area contributed by atoms with E-state index in [9.17, 15) is 9.59 Å². The average molecular weight is 227 g/mol. The molecule has 0 N–H and O–H groups in total. The fourth-order valence-electron chi connectivity index (χ4n) is 1.02. The van der Waals surface area contributed by atoms with E-state index in [1.54, 1.807) is 25.9 Å². The van der Waals surface area contributed by atoms with Crippen LogP contribution in [-0.4, -0.2) is 36.9 Å². The van der Waals surface area contributed by atoms with Crippen LogP contribution in [0.1, 0.15) is 33.6 Å². The first kappa shape index (κ1) is 14.7. The summed E-state index contributed by atoms with van der Waals surface area (Å²) < 4.78 is 5.13. The van der Waals surface area contributed by atoms with Crippen molar-refractivity contribution in [2.24, 2.45) is 0 Å². The first-order valence-corrected chi connectivity index (χ1v) is 5.54.